The summed E-state index contributed by atoms with van der Waals surface area (Å²) >= 11 is 0. The Balaban J connectivity index is 1.72. The Hall–Kier alpha value is -0.650. The van der Waals surface area contributed by atoms with E-state index in [1.165, 1.54) is 44.9 Å². The van der Waals surface area contributed by atoms with Crippen LogP contribution in [0.3, 0.4) is 0 Å². The molecule has 3 aliphatic rings. The molecule has 2 aliphatic heterocycles. The number of carbonyl (C=O) groups is 1. The quantitative estimate of drug-likeness (QED) is 0.359. The first-order chi connectivity index (χ1) is 15.5. The molecule has 33 heavy (non-hydrogen) atoms. The number of piperidine rings is 1. The molecular formula is C28H52N2O3. The number of hydrogen-bond donors (Lipinski definition) is 2. The molecule has 3 rings (SSSR count). The maximum absolute atomic E-state index is 14.1. The lowest BCUT2D eigenvalue weighted by molar-refractivity contribution is -0.222. The highest BCUT2D eigenvalue weighted by atomic mass is 16.6. The largest absolute Gasteiger partial charge is 0.396 e. The monoisotopic (exact) mass is 464 g/mol. The number of aliphatic hydroxyl groups excluding tert-OH is 1. The van der Waals surface area contributed by atoms with Crippen LogP contribution in [0.25, 0.3) is 0 Å². The zero-order valence-corrected chi connectivity index (χ0v) is 22.5. The minimum Gasteiger partial charge on any atom is -0.396 e. The van der Waals surface area contributed by atoms with Crippen molar-refractivity contribution in [2.75, 3.05) is 13.2 Å². The number of rotatable bonds is 12. The molecule has 1 saturated carbocycles. The van der Waals surface area contributed by atoms with Crippen molar-refractivity contribution in [2.24, 2.45) is 11.8 Å². The third-order valence-corrected chi connectivity index (χ3v) is 8.22. The molecule has 0 radical (unpaired) electrons. The van der Waals surface area contributed by atoms with E-state index in [4.69, 9.17) is 4.74 Å². The molecule has 0 aromatic heterocycles. The normalized spacial score (nSPS) is 30.7. The molecule has 1 atom stereocenters. The molecule has 5 heteroatoms. The number of aliphatic hydroxyl groups is 1. The van der Waals surface area contributed by atoms with Gasteiger partial charge in [-0.3, -0.25) is 4.79 Å². The smallest absolute Gasteiger partial charge is 0.257 e. The van der Waals surface area contributed by atoms with Gasteiger partial charge in [0.05, 0.1) is 0 Å². The Labute approximate surface area is 203 Å². The van der Waals surface area contributed by atoms with E-state index in [0.29, 0.717) is 25.3 Å². The second kappa shape index (κ2) is 10.5. The summed E-state index contributed by atoms with van der Waals surface area (Å²) in [5.41, 5.74) is -1.50. The number of unbranched alkanes of at least 4 members (excludes halogenated alkanes) is 5. The highest BCUT2D eigenvalue weighted by Gasteiger charge is 2.67. The van der Waals surface area contributed by atoms with Gasteiger partial charge in [0.2, 0.25) is 0 Å². The molecule has 0 bridgehead atoms. The number of hydrogen-bond acceptors (Lipinski definition) is 4. The first-order valence-electron chi connectivity index (χ1n) is 13.9. The van der Waals surface area contributed by atoms with E-state index in [1.54, 1.807) is 0 Å². The van der Waals surface area contributed by atoms with Gasteiger partial charge in [0.1, 0.15) is 5.72 Å². The van der Waals surface area contributed by atoms with Gasteiger partial charge in [-0.25, -0.2) is 0 Å². The Bertz CT molecular complexity index is 638. The number of nitrogens with zero attached hydrogens (tertiary/aromatic N) is 1. The van der Waals surface area contributed by atoms with Crippen molar-refractivity contribution in [3.63, 3.8) is 0 Å². The predicted octanol–water partition coefficient (Wildman–Crippen LogP) is 5.79. The fourth-order valence-electron chi connectivity index (χ4n) is 7.33. The number of nitrogens with one attached hydrogen (secondary N) is 1. The topological polar surface area (TPSA) is 61.8 Å². The summed E-state index contributed by atoms with van der Waals surface area (Å²) in [6.45, 7) is 14.0. The van der Waals surface area contributed by atoms with Gasteiger partial charge in [-0.2, -0.15) is 0 Å². The van der Waals surface area contributed by atoms with Crippen molar-refractivity contribution in [1.29, 1.82) is 0 Å². The average Bonchev–Trinajstić information content (AvgIpc) is 2.89. The average molecular weight is 465 g/mol. The lowest BCUT2D eigenvalue weighted by atomic mass is 9.72. The zero-order chi connectivity index (χ0) is 24.3. The van der Waals surface area contributed by atoms with E-state index in [1.807, 2.05) is 0 Å². The fraction of sp³-hybridized carbons (Fsp3) is 0.964. The summed E-state index contributed by atoms with van der Waals surface area (Å²) in [6, 6.07) is 0. The molecule has 2 spiro atoms. The molecule has 1 amide bonds. The van der Waals surface area contributed by atoms with Crippen LogP contribution in [0.15, 0.2) is 0 Å². The van der Waals surface area contributed by atoms with Gasteiger partial charge in [-0.15, -0.1) is 0 Å². The van der Waals surface area contributed by atoms with Gasteiger partial charge in [-0.1, -0.05) is 65.2 Å². The lowest BCUT2D eigenvalue weighted by Gasteiger charge is -2.52. The number of amides is 1. The van der Waals surface area contributed by atoms with E-state index < -0.39 is 11.3 Å². The molecule has 192 valence electrons. The van der Waals surface area contributed by atoms with Crippen LogP contribution in [0.2, 0.25) is 0 Å². The van der Waals surface area contributed by atoms with E-state index >= 15 is 0 Å². The highest BCUT2D eigenvalue weighted by Crippen LogP contribution is 2.56. The van der Waals surface area contributed by atoms with Crippen molar-refractivity contribution < 1.29 is 14.6 Å². The van der Waals surface area contributed by atoms with Crippen LogP contribution < -0.4 is 5.32 Å². The van der Waals surface area contributed by atoms with Crippen LogP contribution in [-0.2, 0) is 9.53 Å². The molecule has 2 N–H and O–H groups in total. The van der Waals surface area contributed by atoms with Crippen molar-refractivity contribution in [1.82, 2.24) is 10.2 Å². The Kier molecular flexibility index (Phi) is 8.60. The van der Waals surface area contributed by atoms with Crippen LogP contribution in [0.4, 0.5) is 0 Å². The SMILES string of the molecule is CCCCCCCCC1CC2(C1)OC1(CC(C)(C)NC(C)(C)C1)C(=O)N2CC(CO)CCC. The summed E-state index contributed by atoms with van der Waals surface area (Å²) in [5, 5.41) is 13.7. The molecule has 2 heterocycles. The second-order valence-electron chi connectivity index (χ2n) is 12.9. The Morgan fingerprint density at radius 1 is 1.00 bits per heavy atom. The van der Waals surface area contributed by atoms with Gasteiger partial charge in [0.15, 0.2) is 5.60 Å². The fourth-order valence-corrected chi connectivity index (χ4v) is 7.33. The number of carbonyl (C=O) groups excluding carboxylic acids is 1. The van der Waals surface area contributed by atoms with Crippen LogP contribution in [0.5, 0.6) is 0 Å². The van der Waals surface area contributed by atoms with Crippen LogP contribution >= 0.6 is 0 Å². The number of ether oxygens (including phenoxy) is 1. The van der Waals surface area contributed by atoms with Crippen LogP contribution in [-0.4, -0.2) is 51.5 Å². The van der Waals surface area contributed by atoms with E-state index in [0.717, 1.165) is 25.7 Å². The van der Waals surface area contributed by atoms with Gasteiger partial charge in [0.25, 0.3) is 5.91 Å². The third-order valence-electron chi connectivity index (χ3n) is 8.22. The predicted molar refractivity (Wildman–Crippen MR) is 135 cm³/mol. The lowest BCUT2D eigenvalue weighted by Crippen LogP contribution is -2.65. The van der Waals surface area contributed by atoms with Crippen LogP contribution in [0, 0.1) is 11.8 Å². The first kappa shape index (κ1) is 26.9. The molecule has 1 aliphatic carbocycles. The van der Waals surface area contributed by atoms with E-state index in [-0.39, 0.29) is 29.5 Å². The summed E-state index contributed by atoms with van der Waals surface area (Å²) in [7, 11) is 0. The van der Waals surface area contributed by atoms with Gasteiger partial charge in [-0.05, 0) is 58.8 Å². The first-order valence-corrected chi connectivity index (χ1v) is 13.9. The maximum Gasteiger partial charge on any atom is 0.257 e. The maximum atomic E-state index is 14.1. The molecule has 3 fully saturated rings. The molecular weight excluding hydrogens is 412 g/mol. The summed E-state index contributed by atoms with van der Waals surface area (Å²) in [5.74, 6) is 0.968. The van der Waals surface area contributed by atoms with Gasteiger partial charge >= 0.3 is 0 Å². The molecule has 1 unspecified atom stereocenters. The van der Waals surface area contributed by atoms with E-state index in [9.17, 15) is 9.90 Å². The third kappa shape index (κ3) is 6.13. The standard InChI is InChI=1S/C28H52N2O3/c1-7-9-10-11-12-13-15-22-16-28(17-22)30(18-23(19-31)14-8-2)24(32)27(33-28)20-25(3,4)29-26(5,6)21-27/h22-23,29,31H,7-21H2,1-6H3. The minimum absolute atomic E-state index is 0.134. The van der Waals surface area contributed by atoms with E-state index in [2.05, 4.69) is 51.8 Å². The van der Waals surface area contributed by atoms with Gasteiger partial charge in [0, 0.05) is 37.1 Å². The summed E-state index contributed by atoms with van der Waals surface area (Å²) in [6.07, 6.45) is 14.6. The highest BCUT2D eigenvalue weighted by molar-refractivity contribution is 5.88. The summed E-state index contributed by atoms with van der Waals surface area (Å²) < 4.78 is 6.98. The Morgan fingerprint density at radius 3 is 2.18 bits per heavy atom. The zero-order valence-electron chi connectivity index (χ0n) is 22.5. The van der Waals surface area contributed by atoms with Crippen molar-refractivity contribution >= 4 is 5.91 Å². The molecule has 5 nitrogen and oxygen atoms in total. The van der Waals surface area contributed by atoms with Crippen molar-refractivity contribution in [3.05, 3.63) is 0 Å². The molecule has 0 aromatic rings. The molecule has 2 saturated heterocycles. The van der Waals surface area contributed by atoms with Crippen molar-refractivity contribution in [2.45, 2.75) is 147 Å². The van der Waals surface area contributed by atoms with Crippen LogP contribution in [0.1, 0.15) is 125 Å². The second-order valence-corrected chi connectivity index (χ2v) is 12.9. The minimum atomic E-state index is -0.740. The molecule has 0 aromatic carbocycles. The van der Waals surface area contributed by atoms with Gasteiger partial charge < -0.3 is 20.1 Å². The summed E-state index contributed by atoms with van der Waals surface area (Å²) in [4.78, 5) is 16.2. The van der Waals surface area contributed by atoms with Crippen molar-refractivity contribution in [3.8, 4) is 0 Å². The Morgan fingerprint density at radius 2 is 1.61 bits per heavy atom.